The third-order valence-corrected chi connectivity index (χ3v) is 5.54. The molecule has 0 unspecified atom stereocenters. The molecule has 1 N–H and O–H groups in total. The lowest BCUT2D eigenvalue weighted by molar-refractivity contribution is 0.346. The van der Waals surface area contributed by atoms with E-state index < -0.39 is 0 Å². The van der Waals surface area contributed by atoms with Gasteiger partial charge in [-0.3, -0.25) is 4.99 Å². The average Bonchev–Trinajstić information content (AvgIpc) is 3.30. The van der Waals surface area contributed by atoms with Gasteiger partial charge in [0.1, 0.15) is 12.1 Å². The number of aromatic nitrogens is 1. The zero-order chi connectivity index (χ0) is 22.5. The molecule has 7 nitrogen and oxygen atoms in total. The van der Waals surface area contributed by atoms with Crippen LogP contribution in [0.15, 0.2) is 52.1 Å². The molecular formula is C24H27FN4O3. The van der Waals surface area contributed by atoms with E-state index in [-0.39, 0.29) is 5.82 Å². The molecule has 4 rings (SSSR count). The van der Waals surface area contributed by atoms with E-state index in [9.17, 15) is 4.39 Å². The third kappa shape index (κ3) is 4.69. The zero-order valence-electron chi connectivity index (χ0n) is 18.5. The Kier molecular flexibility index (Phi) is 6.58. The fourth-order valence-electron chi connectivity index (χ4n) is 3.85. The van der Waals surface area contributed by atoms with Crippen LogP contribution in [0.4, 0.5) is 4.39 Å². The number of rotatable bonds is 6. The van der Waals surface area contributed by atoms with Crippen molar-refractivity contribution in [2.45, 2.75) is 19.4 Å². The van der Waals surface area contributed by atoms with Crippen LogP contribution in [-0.4, -0.2) is 50.2 Å². The molecule has 0 saturated carbocycles. The quantitative estimate of drug-likeness (QED) is 0.468. The number of fused-ring (bicyclic) bond motifs is 1. The number of halogens is 1. The van der Waals surface area contributed by atoms with E-state index in [0.717, 1.165) is 48.2 Å². The van der Waals surface area contributed by atoms with Crippen molar-refractivity contribution in [1.82, 2.24) is 15.2 Å². The second-order valence-electron chi connectivity index (χ2n) is 7.52. The van der Waals surface area contributed by atoms with E-state index in [4.69, 9.17) is 13.9 Å². The van der Waals surface area contributed by atoms with Gasteiger partial charge in [0.2, 0.25) is 5.89 Å². The molecule has 168 valence electrons. The molecule has 0 fully saturated rings. The fraction of sp³-hybridized carbons (Fsp3) is 0.333. The Labute approximate surface area is 186 Å². The van der Waals surface area contributed by atoms with Crippen LogP contribution in [0, 0.1) is 5.82 Å². The zero-order valence-corrected chi connectivity index (χ0v) is 18.5. The SMILES string of the molecule is CN=C(NCCc1coc(-c2ccc(F)cc2)n1)N1CCc2cc(OC)c(OC)cc2C1. The predicted molar refractivity (Wildman–Crippen MR) is 121 cm³/mol. The fourth-order valence-corrected chi connectivity index (χ4v) is 3.85. The van der Waals surface area contributed by atoms with E-state index in [2.05, 4.69) is 26.3 Å². The normalized spacial score (nSPS) is 13.6. The molecule has 0 aliphatic carbocycles. The Hall–Kier alpha value is -3.55. The largest absolute Gasteiger partial charge is 0.493 e. The van der Waals surface area contributed by atoms with Crippen LogP contribution >= 0.6 is 0 Å². The van der Waals surface area contributed by atoms with Crippen LogP contribution in [0.25, 0.3) is 11.5 Å². The van der Waals surface area contributed by atoms with Crippen LogP contribution in [0.2, 0.25) is 0 Å². The van der Waals surface area contributed by atoms with Crippen molar-refractivity contribution in [3.8, 4) is 23.0 Å². The molecule has 1 aromatic heterocycles. The van der Waals surface area contributed by atoms with Gasteiger partial charge >= 0.3 is 0 Å². The number of hydrogen-bond acceptors (Lipinski definition) is 5. The maximum Gasteiger partial charge on any atom is 0.226 e. The number of nitrogens with one attached hydrogen (secondary N) is 1. The molecule has 1 aliphatic heterocycles. The van der Waals surface area contributed by atoms with Gasteiger partial charge in [-0.05, 0) is 53.9 Å². The Balaban J connectivity index is 1.35. The van der Waals surface area contributed by atoms with Crippen molar-refractivity contribution in [2.75, 3.05) is 34.4 Å². The molecule has 2 aromatic carbocycles. The van der Waals surface area contributed by atoms with Crippen molar-refractivity contribution in [2.24, 2.45) is 4.99 Å². The maximum absolute atomic E-state index is 13.1. The number of oxazole rings is 1. The van der Waals surface area contributed by atoms with Crippen molar-refractivity contribution in [3.63, 3.8) is 0 Å². The molecular weight excluding hydrogens is 411 g/mol. The number of methoxy groups -OCH3 is 2. The van der Waals surface area contributed by atoms with Gasteiger partial charge in [0.25, 0.3) is 0 Å². The summed E-state index contributed by atoms with van der Waals surface area (Å²) < 4.78 is 29.5. The van der Waals surface area contributed by atoms with E-state index >= 15 is 0 Å². The van der Waals surface area contributed by atoms with Crippen molar-refractivity contribution in [1.29, 1.82) is 0 Å². The highest BCUT2D eigenvalue weighted by atomic mass is 19.1. The minimum absolute atomic E-state index is 0.283. The molecule has 1 aliphatic rings. The molecule has 0 atom stereocenters. The summed E-state index contributed by atoms with van der Waals surface area (Å²) in [6.07, 6.45) is 3.22. The van der Waals surface area contributed by atoms with Crippen LogP contribution in [0.3, 0.4) is 0 Å². The molecule has 2 heterocycles. The number of nitrogens with zero attached hydrogens (tertiary/aromatic N) is 3. The first-order chi connectivity index (χ1) is 15.6. The van der Waals surface area contributed by atoms with E-state index in [0.29, 0.717) is 18.9 Å². The summed E-state index contributed by atoms with van der Waals surface area (Å²) >= 11 is 0. The monoisotopic (exact) mass is 438 g/mol. The first kappa shape index (κ1) is 21.7. The molecule has 0 bridgehead atoms. The average molecular weight is 439 g/mol. The smallest absolute Gasteiger partial charge is 0.226 e. The standard InChI is InChI=1S/C24H27FN4O3/c1-26-24(29-11-9-17-12-21(30-2)22(31-3)13-18(17)14-29)27-10-8-20-15-32-23(28-20)16-4-6-19(25)7-5-16/h4-7,12-13,15H,8-11,14H2,1-3H3,(H,26,27). The Morgan fingerprint density at radius 2 is 1.88 bits per heavy atom. The third-order valence-electron chi connectivity index (χ3n) is 5.54. The highest BCUT2D eigenvalue weighted by molar-refractivity contribution is 5.80. The Morgan fingerprint density at radius 3 is 2.56 bits per heavy atom. The number of benzene rings is 2. The van der Waals surface area contributed by atoms with E-state index in [1.54, 1.807) is 39.7 Å². The van der Waals surface area contributed by atoms with Crippen LogP contribution in [0.5, 0.6) is 11.5 Å². The number of aliphatic imine (C=N–C) groups is 1. The summed E-state index contributed by atoms with van der Waals surface area (Å²) in [5.41, 5.74) is 4.05. The summed E-state index contributed by atoms with van der Waals surface area (Å²) in [5, 5.41) is 3.41. The molecule has 3 aromatic rings. The lowest BCUT2D eigenvalue weighted by Crippen LogP contribution is -2.44. The van der Waals surface area contributed by atoms with E-state index in [1.165, 1.54) is 23.3 Å². The van der Waals surface area contributed by atoms with Crippen LogP contribution in [-0.2, 0) is 19.4 Å². The van der Waals surface area contributed by atoms with Gasteiger partial charge in [-0.15, -0.1) is 0 Å². The second kappa shape index (κ2) is 9.72. The summed E-state index contributed by atoms with van der Waals surface area (Å²) in [4.78, 5) is 11.2. The van der Waals surface area contributed by atoms with Gasteiger partial charge in [0, 0.05) is 38.7 Å². The van der Waals surface area contributed by atoms with Gasteiger partial charge in [0.15, 0.2) is 17.5 Å². The van der Waals surface area contributed by atoms with Gasteiger partial charge < -0.3 is 24.1 Å². The maximum atomic E-state index is 13.1. The number of guanidine groups is 1. The molecule has 32 heavy (non-hydrogen) atoms. The first-order valence-corrected chi connectivity index (χ1v) is 10.5. The summed E-state index contributed by atoms with van der Waals surface area (Å²) in [5.74, 6) is 2.54. The second-order valence-corrected chi connectivity index (χ2v) is 7.52. The molecule has 0 amide bonds. The van der Waals surface area contributed by atoms with Crippen molar-refractivity contribution < 1.29 is 18.3 Å². The molecule has 0 radical (unpaired) electrons. The van der Waals surface area contributed by atoms with Crippen molar-refractivity contribution in [3.05, 3.63) is 65.3 Å². The van der Waals surface area contributed by atoms with Crippen molar-refractivity contribution >= 4 is 5.96 Å². The van der Waals surface area contributed by atoms with Gasteiger partial charge in [-0.2, -0.15) is 0 Å². The highest BCUT2D eigenvalue weighted by Crippen LogP contribution is 2.33. The van der Waals surface area contributed by atoms with Gasteiger partial charge in [0.05, 0.1) is 19.9 Å². The number of hydrogen-bond donors (Lipinski definition) is 1. The topological polar surface area (TPSA) is 72.1 Å². The molecule has 8 heteroatoms. The molecule has 0 saturated heterocycles. The predicted octanol–water partition coefficient (Wildman–Crippen LogP) is 3.67. The van der Waals surface area contributed by atoms with E-state index in [1.807, 2.05) is 6.07 Å². The van der Waals surface area contributed by atoms with Crippen LogP contribution in [0.1, 0.15) is 16.8 Å². The van der Waals surface area contributed by atoms with Gasteiger partial charge in [-0.1, -0.05) is 0 Å². The summed E-state index contributed by atoms with van der Waals surface area (Å²) in [7, 11) is 5.09. The summed E-state index contributed by atoms with van der Waals surface area (Å²) in [6.45, 7) is 2.27. The highest BCUT2D eigenvalue weighted by Gasteiger charge is 2.21. The first-order valence-electron chi connectivity index (χ1n) is 10.5. The Morgan fingerprint density at radius 1 is 1.16 bits per heavy atom. The van der Waals surface area contributed by atoms with Gasteiger partial charge in [-0.25, -0.2) is 9.37 Å². The minimum Gasteiger partial charge on any atom is -0.493 e. The lowest BCUT2D eigenvalue weighted by Gasteiger charge is -2.32. The number of ether oxygens (including phenoxy) is 2. The van der Waals surface area contributed by atoms with Crippen LogP contribution < -0.4 is 14.8 Å². The Bertz CT molecular complexity index is 1100. The summed E-state index contributed by atoms with van der Waals surface area (Å²) in [6, 6.07) is 10.2. The lowest BCUT2D eigenvalue weighted by atomic mass is 9.99. The minimum atomic E-state index is -0.283. The molecule has 0 spiro atoms.